The topological polar surface area (TPSA) is 38.0 Å². The number of aryl methyl sites for hydroxylation is 1. The van der Waals surface area contributed by atoms with E-state index in [1.165, 1.54) is 25.7 Å². The van der Waals surface area contributed by atoms with Crippen LogP contribution in [0.4, 0.5) is 4.39 Å². The Morgan fingerprint density at radius 3 is 2.60 bits per heavy atom. The quantitative estimate of drug-likeness (QED) is 0.624. The van der Waals surface area contributed by atoms with Crippen LogP contribution in [0.1, 0.15) is 62.6 Å². The summed E-state index contributed by atoms with van der Waals surface area (Å²) >= 11 is 0. The SMILES string of the molecule is CCCC1CCC(C(NN)c2cc(C)ccc2F)CC1. The van der Waals surface area contributed by atoms with Gasteiger partial charge in [-0.05, 0) is 37.7 Å². The molecule has 3 N–H and O–H groups in total. The lowest BCUT2D eigenvalue weighted by Gasteiger charge is -2.34. The Bertz CT molecular complexity index is 425. The van der Waals surface area contributed by atoms with E-state index in [0.29, 0.717) is 5.92 Å². The van der Waals surface area contributed by atoms with E-state index in [0.717, 1.165) is 29.9 Å². The van der Waals surface area contributed by atoms with E-state index < -0.39 is 0 Å². The van der Waals surface area contributed by atoms with Crippen molar-refractivity contribution in [2.45, 2.75) is 58.4 Å². The van der Waals surface area contributed by atoms with Gasteiger partial charge >= 0.3 is 0 Å². The van der Waals surface area contributed by atoms with Crippen LogP contribution in [0.3, 0.4) is 0 Å². The molecule has 2 nitrogen and oxygen atoms in total. The Morgan fingerprint density at radius 1 is 1.30 bits per heavy atom. The van der Waals surface area contributed by atoms with E-state index >= 15 is 0 Å². The highest BCUT2D eigenvalue weighted by Gasteiger charge is 2.29. The molecule has 0 heterocycles. The molecule has 0 radical (unpaired) electrons. The molecule has 112 valence electrons. The van der Waals surface area contributed by atoms with E-state index in [-0.39, 0.29) is 11.9 Å². The Balaban J connectivity index is 2.07. The molecule has 1 unspecified atom stereocenters. The zero-order valence-electron chi connectivity index (χ0n) is 12.7. The molecule has 1 saturated carbocycles. The highest BCUT2D eigenvalue weighted by Crippen LogP contribution is 2.38. The maximum atomic E-state index is 14.1. The van der Waals surface area contributed by atoms with Crippen LogP contribution in [0.15, 0.2) is 18.2 Å². The van der Waals surface area contributed by atoms with Gasteiger partial charge in [-0.15, -0.1) is 0 Å². The summed E-state index contributed by atoms with van der Waals surface area (Å²) in [6, 6.07) is 5.23. The van der Waals surface area contributed by atoms with Gasteiger partial charge in [-0.3, -0.25) is 11.3 Å². The van der Waals surface area contributed by atoms with Gasteiger partial charge in [0.2, 0.25) is 0 Å². The van der Waals surface area contributed by atoms with Crippen LogP contribution in [-0.2, 0) is 0 Å². The van der Waals surface area contributed by atoms with Crippen LogP contribution in [-0.4, -0.2) is 0 Å². The van der Waals surface area contributed by atoms with Gasteiger partial charge in [0.1, 0.15) is 5.82 Å². The molecule has 0 aromatic heterocycles. The van der Waals surface area contributed by atoms with E-state index in [1.54, 1.807) is 6.07 Å². The number of rotatable bonds is 5. The minimum Gasteiger partial charge on any atom is -0.271 e. The maximum absolute atomic E-state index is 14.1. The number of benzene rings is 1. The fourth-order valence-electron chi connectivity index (χ4n) is 3.60. The standard InChI is InChI=1S/C17H27FN2/c1-3-4-13-6-8-14(9-7-13)17(20-19)15-11-12(2)5-10-16(15)18/h5,10-11,13-14,17,20H,3-4,6-9,19H2,1-2H3. The van der Waals surface area contributed by atoms with Gasteiger partial charge in [-0.2, -0.15) is 0 Å². The third-order valence-electron chi connectivity index (χ3n) is 4.73. The molecule has 0 aliphatic heterocycles. The predicted octanol–water partition coefficient (Wildman–Crippen LogP) is 4.25. The molecule has 0 saturated heterocycles. The molecular formula is C17H27FN2. The summed E-state index contributed by atoms with van der Waals surface area (Å²) < 4.78 is 14.1. The summed E-state index contributed by atoms with van der Waals surface area (Å²) in [5.41, 5.74) is 4.68. The third-order valence-corrected chi connectivity index (χ3v) is 4.73. The highest BCUT2D eigenvalue weighted by molar-refractivity contribution is 5.27. The molecular weight excluding hydrogens is 251 g/mol. The Morgan fingerprint density at radius 2 is 2.00 bits per heavy atom. The fraction of sp³-hybridized carbons (Fsp3) is 0.647. The first-order valence-corrected chi connectivity index (χ1v) is 7.87. The van der Waals surface area contributed by atoms with Crippen LogP contribution < -0.4 is 11.3 Å². The third kappa shape index (κ3) is 3.58. The van der Waals surface area contributed by atoms with Crippen molar-refractivity contribution in [2.24, 2.45) is 17.7 Å². The van der Waals surface area contributed by atoms with Gasteiger partial charge in [-0.1, -0.05) is 50.3 Å². The van der Waals surface area contributed by atoms with Crippen molar-refractivity contribution >= 4 is 0 Å². The van der Waals surface area contributed by atoms with Gasteiger partial charge in [0.15, 0.2) is 0 Å². The highest BCUT2D eigenvalue weighted by atomic mass is 19.1. The zero-order chi connectivity index (χ0) is 14.5. The molecule has 1 aromatic rings. The molecule has 0 spiro atoms. The molecule has 1 aliphatic rings. The number of halogens is 1. The van der Waals surface area contributed by atoms with Crippen LogP contribution >= 0.6 is 0 Å². The van der Waals surface area contributed by atoms with Crippen molar-refractivity contribution in [3.8, 4) is 0 Å². The lowest BCUT2D eigenvalue weighted by Crippen LogP contribution is -2.36. The zero-order valence-corrected chi connectivity index (χ0v) is 12.7. The fourth-order valence-corrected chi connectivity index (χ4v) is 3.60. The average molecular weight is 278 g/mol. The minimum atomic E-state index is -0.144. The lowest BCUT2D eigenvalue weighted by atomic mass is 9.75. The first-order valence-electron chi connectivity index (χ1n) is 7.87. The smallest absolute Gasteiger partial charge is 0.128 e. The van der Waals surface area contributed by atoms with Crippen molar-refractivity contribution in [3.05, 3.63) is 35.1 Å². The number of hydrogen-bond donors (Lipinski definition) is 2. The average Bonchev–Trinajstić information content (AvgIpc) is 2.45. The Hall–Kier alpha value is -0.930. The molecule has 2 rings (SSSR count). The van der Waals surface area contributed by atoms with Gasteiger partial charge in [-0.25, -0.2) is 4.39 Å². The number of nitrogens with two attached hydrogens (primary N) is 1. The van der Waals surface area contributed by atoms with E-state index in [2.05, 4.69) is 12.3 Å². The van der Waals surface area contributed by atoms with Crippen molar-refractivity contribution in [3.63, 3.8) is 0 Å². The summed E-state index contributed by atoms with van der Waals surface area (Å²) in [4.78, 5) is 0. The van der Waals surface area contributed by atoms with Crippen molar-refractivity contribution in [1.82, 2.24) is 5.43 Å². The number of hydrazine groups is 1. The van der Waals surface area contributed by atoms with Crippen molar-refractivity contribution < 1.29 is 4.39 Å². The molecule has 1 fully saturated rings. The minimum absolute atomic E-state index is 0.0579. The Labute approximate surface area is 121 Å². The summed E-state index contributed by atoms with van der Waals surface area (Å²) in [6.45, 7) is 4.24. The van der Waals surface area contributed by atoms with Gasteiger partial charge < -0.3 is 0 Å². The largest absolute Gasteiger partial charge is 0.271 e. The van der Waals surface area contributed by atoms with Gasteiger partial charge in [0.25, 0.3) is 0 Å². The van der Waals surface area contributed by atoms with Crippen molar-refractivity contribution in [2.75, 3.05) is 0 Å². The maximum Gasteiger partial charge on any atom is 0.128 e. The summed E-state index contributed by atoms with van der Waals surface area (Å²) in [7, 11) is 0. The Kier molecular flexibility index (Phi) is 5.55. The van der Waals surface area contributed by atoms with Crippen LogP contribution in [0.25, 0.3) is 0 Å². The van der Waals surface area contributed by atoms with E-state index in [4.69, 9.17) is 5.84 Å². The van der Waals surface area contributed by atoms with E-state index in [9.17, 15) is 4.39 Å². The monoisotopic (exact) mass is 278 g/mol. The predicted molar refractivity (Wildman–Crippen MR) is 81.6 cm³/mol. The second kappa shape index (κ2) is 7.19. The molecule has 1 aliphatic carbocycles. The molecule has 0 amide bonds. The molecule has 3 heteroatoms. The first-order chi connectivity index (χ1) is 9.65. The second-order valence-corrected chi connectivity index (χ2v) is 6.24. The summed E-state index contributed by atoms with van der Waals surface area (Å²) in [5, 5.41) is 0. The lowest BCUT2D eigenvalue weighted by molar-refractivity contribution is 0.212. The number of hydrogen-bond acceptors (Lipinski definition) is 2. The van der Waals surface area contributed by atoms with Crippen molar-refractivity contribution in [1.29, 1.82) is 0 Å². The van der Waals surface area contributed by atoms with E-state index in [1.807, 2.05) is 19.1 Å². The second-order valence-electron chi connectivity index (χ2n) is 6.24. The van der Waals surface area contributed by atoms with Crippen LogP contribution in [0, 0.1) is 24.6 Å². The summed E-state index contributed by atoms with van der Waals surface area (Å²) in [5.74, 6) is 6.89. The molecule has 0 bridgehead atoms. The first kappa shape index (κ1) is 15.5. The molecule has 1 atom stereocenters. The summed E-state index contributed by atoms with van der Waals surface area (Å²) in [6.07, 6.45) is 7.39. The molecule has 20 heavy (non-hydrogen) atoms. The molecule has 1 aromatic carbocycles. The van der Waals surface area contributed by atoms with Crippen LogP contribution in [0.2, 0.25) is 0 Å². The normalized spacial score (nSPS) is 24.6. The number of nitrogens with one attached hydrogen (secondary N) is 1. The van der Waals surface area contributed by atoms with Gasteiger partial charge in [0, 0.05) is 5.56 Å². The van der Waals surface area contributed by atoms with Crippen LogP contribution in [0.5, 0.6) is 0 Å². The van der Waals surface area contributed by atoms with Gasteiger partial charge in [0.05, 0.1) is 6.04 Å².